The summed E-state index contributed by atoms with van der Waals surface area (Å²) in [7, 11) is 1.90. The van der Waals surface area contributed by atoms with E-state index in [1.807, 2.05) is 38.2 Å². The van der Waals surface area contributed by atoms with Crippen LogP contribution in [-0.2, 0) is 12.8 Å². The van der Waals surface area contributed by atoms with Gasteiger partial charge in [-0.1, -0.05) is 25.1 Å². The molecule has 2 rings (SSSR count). The van der Waals surface area contributed by atoms with Crippen LogP contribution in [-0.4, -0.2) is 29.7 Å². The van der Waals surface area contributed by atoms with Gasteiger partial charge in [0.1, 0.15) is 5.82 Å². The highest BCUT2D eigenvalue weighted by Gasteiger charge is 2.13. The average Bonchev–Trinajstić information content (AvgIpc) is 2.92. The number of rotatable bonds is 6. The number of H-pyrrole nitrogens is 1. The molecule has 5 nitrogen and oxygen atoms in total. The highest BCUT2D eigenvalue weighted by Crippen LogP contribution is 2.15. The molecule has 0 unspecified atom stereocenters. The number of hydrogen-bond donors (Lipinski definition) is 3. The van der Waals surface area contributed by atoms with E-state index in [1.54, 1.807) is 6.20 Å². The summed E-state index contributed by atoms with van der Waals surface area (Å²) in [6, 6.07) is 7.67. The SMILES string of the molecule is CCc1cn[nH]c1NC(=O)c1ccccc1CCNC. The van der Waals surface area contributed by atoms with E-state index in [-0.39, 0.29) is 5.91 Å². The molecular weight excluding hydrogens is 252 g/mol. The van der Waals surface area contributed by atoms with Crippen molar-refractivity contribution in [2.24, 2.45) is 0 Å². The van der Waals surface area contributed by atoms with E-state index >= 15 is 0 Å². The fourth-order valence-corrected chi connectivity index (χ4v) is 2.09. The van der Waals surface area contributed by atoms with Gasteiger partial charge in [-0.05, 0) is 38.1 Å². The summed E-state index contributed by atoms with van der Waals surface area (Å²) in [6.07, 6.45) is 3.39. The molecule has 0 spiro atoms. The Balaban J connectivity index is 2.16. The number of aromatic amines is 1. The first-order valence-electron chi connectivity index (χ1n) is 6.82. The number of nitrogens with zero attached hydrogens (tertiary/aromatic N) is 1. The maximum absolute atomic E-state index is 12.4. The van der Waals surface area contributed by atoms with Gasteiger partial charge in [-0.25, -0.2) is 0 Å². The third-order valence-corrected chi connectivity index (χ3v) is 3.24. The van der Waals surface area contributed by atoms with Gasteiger partial charge in [0, 0.05) is 11.1 Å². The van der Waals surface area contributed by atoms with Crippen molar-refractivity contribution in [1.29, 1.82) is 0 Å². The van der Waals surface area contributed by atoms with Crippen molar-refractivity contribution >= 4 is 11.7 Å². The summed E-state index contributed by atoms with van der Waals surface area (Å²) < 4.78 is 0. The van der Waals surface area contributed by atoms with E-state index in [1.165, 1.54) is 0 Å². The topological polar surface area (TPSA) is 69.8 Å². The van der Waals surface area contributed by atoms with Crippen molar-refractivity contribution in [1.82, 2.24) is 15.5 Å². The zero-order chi connectivity index (χ0) is 14.4. The molecule has 0 fully saturated rings. The highest BCUT2D eigenvalue weighted by atomic mass is 16.1. The molecule has 1 amide bonds. The molecule has 1 aromatic carbocycles. The first-order valence-corrected chi connectivity index (χ1v) is 6.82. The Morgan fingerprint density at radius 3 is 2.85 bits per heavy atom. The number of carbonyl (C=O) groups is 1. The van der Waals surface area contributed by atoms with Gasteiger partial charge in [-0.15, -0.1) is 0 Å². The number of amides is 1. The molecular formula is C15H20N4O. The Bertz CT molecular complexity index is 577. The van der Waals surface area contributed by atoms with E-state index in [0.717, 1.165) is 30.5 Å². The second kappa shape index (κ2) is 6.86. The minimum Gasteiger partial charge on any atom is -0.319 e. The summed E-state index contributed by atoms with van der Waals surface area (Å²) in [6.45, 7) is 2.87. The minimum absolute atomic E-state index is 0.101. The molecule has 106 valence electrons. The van der Waals surface area contributed by atoms with E-state index in [4.69, 9.17) is 0 Å². The van der Waals surface area contributed by atoms with Crippen LogP contribution >= 0.6 is 0 Å². The molecule has 0 atom stereocenters. The number of likely N-dealkylation sites (N-methyl/N-ethyl adjacent to an activating group) is 1. The molecule has 1 heterocycles. The summed E-state index contributed by atoms with van der Waals surface area (Å²) in [5, 5.41) is 12.8. The average molecular weight is 272 g/mol. The lowest BCUT2D eigenvalue weighted by Crippen LogP contribution is -2.18. The monoisotopic (exact) mass is 272 g/mol. The Morgan fingerprint density at radius 2 is 2.10 bits per heavy atom. The smallest absolute Gasteiger partial charge is 0.257 e. The van der Waals surface area contributed by atoms with Gasteiger partial charge in [-0.2, -0.15) is 5.10 Å². The predicted molar refractivity (Wildman–Crippen MR) is 80.0 cm³/mol. The number of nitrogens with one attached hydrogen (secondary N) is 3. The van der Waals surface area contributed by atoms with Crippen LogP contribution in [0, 0.1) is 0 Å². The Morgan fingerprint density at radius 1 is 1.30 bits per heavy atom. The Hall–Kier alpha value is -2.14. The maximum Gasteiger partial charge on any atom is 0.257 e. The third-order valence-electron chi connectivity index (χ3n) is 3.24. The molecule has 0 aliphatic rings. The molecule has 0 bridgehead atoms. The third kappa shape index (κ3) is 3.24. The van der Waals surface area contributed by atoms with Crippen molar-refractivity contribution in [2.75, 3.05) is 18.9 Å². The van der Waals surface area contributed by atoms with Crippen molar-refractivity contribution in [3.63, 3.8) is 0 Å². The fraction of sp³-hybridized carbons (Fsp3) is 0.333. The molecule has 0 radical (unpaired) electrons. The number of aromatic nitrogens is 2. The second-order valence-corrected chi connectivity index (χ2v) is 4.59. The lowest BCUT2D eigenvalue weighted by Gasteiger charge is -2.10. The molecule has 2 aromatic rings. The lowest BCUT2D eigenvalue weighted by molar-refractivity contribution is 0.102. The van der Waals surface area contributed by atoms with Gasteiger partial charge in [0.05, 0.1) is 6.20 Å². The van der Waals surface area contributed by atoms with Gasteiger partial charge in [0.25, 0.3) is 5.91 Å². The van der Waals surface area contributed by atoms with Crippen LogP contribution in [0.15, 0.2) is 30.5 Å². The van der Waals surface area contributed by atoms with Gasteiger partial charge in [0.2, 0.25) is 0 Å². The van der Waals surface area contributed by atoms with Crippen molar-refractivity contribution in [2.45, 2.75) is 19.8 Å². The number of anilines is 1. The molecule has 20 heavy (non-hydrogen) atoms. The molecule has 0 saturated heterocycles. The van der Waals surface area contributed by atoms with E-state index in [9.17, 15) is 4.79 Å². The Labute approximate surface area is 118 Å². The molecule has 0 saturated carbocycles. The second-order valence-electron chi connectivity index (χ2n) is 4.59. The molecule has 1 aromatic heterocycles. The van der Waals surface area contributed by atoms with Crippen molar-refractivity contribution < 1.29 is 4.79 Å². The number of hydrogen-bond acceptors (Lipinski definition) is 3. The normalized spacial score (nSPS) is 10.5. The Kier molecular flexibility index (Phi) is 4.90. The van der Waals surface area contributed by atoms with E-state index < -0.39 is 0 Å². The van der Waals surface area contributed by atoms with Gasteiger partial charge in [0.15, 0.2) is 0 Å². The highest BCUT2D eigenvalue weighted by molar-refractivity contribution is 6.05. The number of carbonyl (C=O) groups excluding carboxylic acids is 1. The van der Waals surface area contributed by atoms with E-state index in [2.05, 4.69) is 20.8 Å². The number of benzene rings is 1. The van der Waals surface area contributed by atoms with Crippen molar-refractivity contribution in [3.05, 3.63) is 47.2 Å². The van der Waals surface area contributed by atoms with Crippen molar-refractivity contribution in [3.8, 4) is 0 Å². The van der Waals surface area contributed by atoms with Crippen LogP contribution < -0.4 is 10.6 Å². The van der Waals surface area contributed by atoms with E-state index in [0.29, 0.717) is 11.4 Å². The zero-order valence-corrected chi connectivity index (χ0v) is 11.9. The zero-order valence-electron chi connectivity index (χ0n) is 11.9. The summed E-state index contributed by atoms with van der Waals surface area (Å²) in [4.78, 5) is 12.4. The molecule has 3 N–H and O–H groups in total. The summed E-state index contributed by atoms with van der Waals surface area (Å²) >= 11 is 0. The van der Waals surface area contributed by atoms with Crippen LogP contribution in [0.5, 0.6) is 0 Å². The largest absolute Gasteiger partial charge is 0.319 e. The fourth-order valence-electron chi connectivity index (χ4n) is 2.09. The first kappa shape index (κ1) is 14.3. The summed E-state index contributed by atoms with van der Waals surface area (Å²) in [5.74, 6) is 0.580. The minimum atomic E-state index is -0.101. The van der Waals surface area contributed by atoms with Crippen LogP contribution in [0.25, 0.3) is 0 Å². The molecule has 5 heteroatoms. The van der Waals surface area contributed by atoms with Crippen LogP contribution in [0.4, 0.5) is 5.82 Å². The van der Waals surface area contributed by atoms with Crippen LogP contribution in [0.3, 0.4) is 0 Å². The van der Waals surface area contributed by atoms with Gasteiger partial charge < -0.3 is 10.6 Å². The molecule has 0 aliphatic heterocycles. The van der Waals surface area contributed by atoms with Crippen LogP contribution in [0.2, 0.25) is 0 Å². The first-order chi connectivity index (χ1) is 9.76. The summed E-state index contributed by atoms with van der Waals surface area (Å²) in [5.41, 5.74) is 2.75. The van der Waals surface area contributed by atoms with Gasteiger partial charge >= 0.3 is 0 Å². The van der Waals surface area contributed by atoms with Gasteiger partial charge in [-0.3, -0.25) is 9.89 Å². The number of aryl methyl sites for hydroxylation is 1. The van der Waals surface area contributed by atoms with Crippen LogP contribution in [0.1, 0.15) is 28.4 Å². The molecule has 0 aliphatic carbocycles. The lowest BCUT2D eigenvalue weighted by atomic mass is 10.0. The quantitative estimate of drug-likeness (QED) is 0.753. The predicted octanol–water partition coefficient (Wildman–Crippen LogP) is 1.99. The maximum atomic E-state index is 12.4. The standard InChI is InChI=1S/C15H20N4O/c1-3-11-10-17-19-14(11)18-15(20)13-7-5-4-6-12(13)8-9-16-2/h4-7,10,16H,3,8-9H2,1-2H3,(H2,17,18,19,20).